The Kier molecular flexibility index (Phi) is 2.46. The lowest BCUT2D eigenvalue weighted by Crippen LogP contribution is -2.31. The number of benzene rings is 1. The first-order chi connectivity index (χ1) is 6.99. The molecule has 0 saturated carbocycles. The molecule has 1 aromatic rings. The SMILES string of the molecule is CC1(C)CSc2cc(F)ccc2NC1=O. The highest BCUT2D eigenvalue weighted by Crippen LogP contribution is 2.37. The first kappa shape index (κ1) is 10.5. The van der Waals surface area contributed by atoms with Gasteiger partial charge < -0.3 is 5.32 Å². The Balaban J connectivity index is 2.40. The number of thioether (sulfide) groups is 1. The quantitative estimate of drug-likeness (QED) is 0.735. The van der Waals surface area contributed by atoms with E-state index in [0.717, 1.165) is 4.90 Å². The summed E-state index contributed by atoms with van der Waals surface area (Å²) in [4.78, 5) is 12.6. The molecule has 0 bridgehead atoms. The number of nitrogens with one attached hydrogen (secondary N) is 1. The molecule has 4 heteroatoms. The van der Waals surface area contributed by atoms with E-state index in [4.69, 9.17) is 0 Å². The molecule has 1 N–H and O–H groups in total. The number of hydrogen-bond acceptors (Lipinski definition) is 2. The van der Waals surface area contributed by atoms with E-state index in [-0.39, 0.29) is 11.7 Å². The first-order valence-corrected chi connectivity index (χ1v) is 5.71. The van der Waals surface area contributed by atoms with Gasteiger partial charge in [-0.05, 0) is 18.2 Å². The molecule has 0 atom stereocenters. The maximum absolute atomic E-state index is 13.0. The maximum atomic E-state index is 13.0. The van der Waals surface area contributed by atoms with Crippen LogP contribution in [0.25, 0.3) is 0 Å². The molecule has 1 heterocycles. The molecule has 0 spiro atoms. The van der Waals surface area contributed by atoms with Crippen LogP contribution < -0.4 is 5.32 Å². The predicted molar refractivity (Wildman–Crippen MR) is 59.5 cm³/mol. The molecular formula is C11H12FNOS. The molecule has 1 aliphatic heterocycles. The molecule has 0 saturated heterocycles. The van der Waals surface area contributed by atoms with Crippen LogP contribution in [-0.2, 0) is 4.79 Å². The summed E-state index contributed by atoms with van der Waals surface area (Å²) in [5.41, 5.74) is 0.289. The van der Waals surface area contributed by atoms with Gasteiger partial charge in [-0.15, -0.1) is 11.8 Å². The van der Waals surface area contributed by atoms with Gasteiger partial charge in [-0.25, -0.2) is 4.39 Å². The van der Waals surface area contributed by atoms with E-state index in [1.54, 1.807) is 6.07 Å². The Hall–Kier alpha value is -1.03. The molecule has 0 fully saturated rings. The smallest absolute Gasteiger partial charge is 0.230 e. The number of rotatable bonds is 0. The van der Waals surface area contributed by atoms with E-state index >= 15 is 0 Å². The van der Waals surface area contributed by atoms with E-state index in [2.05, 4.69) is 5.32 Å². The van der Waals surface area contributed by atoms with Crippen LogP contribution >= 0.6 is 11.8 Å². The molecule has 1 aromatic carbocycles. The third kappa shape index (κ3) is 2.00. The van der Waals surface area contributed by atoms with Crippen LogP contribution in [-0.4, -0.2) is 11.7 Å². The first-order valence-electron chi connectivity index (χ1n) is 4.73. The average molecular weight is 225 g/mol. The van der Waals surface area contributed by atoms with Crippen LogP contribution in [0.3, 0.4) is 0 Å². The fraction of sp³-hybridized carbons (Fsp3) is 0.364. The van der Waals surface area contributed by atoms with Gasteiger partial charge in [0.15, 0.2) is 0 Å². The van der Waals surface area contributed by atoms with Crippen molar-refractivity contribution in [1.82, 2.24) is 0 Å². The summed E-state index contributed by atoms with van der Waals surface area (Å²) in [5.74, 6) is 0.380. The normalized spacial score (nSPS) is 19.0. The zero-order chi connectivity index (χ0) is 11.1. The Bertz CT molecular complexity index is 417. The highest BCUT2D eigenvalue weighted by atomic mass is 32.2. The molecular weight excluding hydrogens is 213 g/mol. The van der Waals surface area contributed by atoms with Gasteiger partial charge in [-0.3, -0.25) is 4.79 Å². The summed E-state index contributed by atoms with van der Waals surface area (Å²) in [6.07, 6.45) is 0. The van der Waals surface area contributed by atoms with Crippen molar-refractivity contribution in [1.29, 1.82) is 0 Å². The van der Waals surface area contributed by atoms with Crippen molar-refractivity contribution >= 4 is 23.4 Å². The number of hydrogen-bond donors (Lipinski definition) is 1. The van der Waals surface area contributed by atoms with Crippen LogP contribution in [0.4, 0.5) is 10.1 Å². The van der Waals surface area contributed by atoms with Crippen LogP contribution in [0.15, 0.2) is 23.1 Å². The Morgan fingerprint density at radius 3 is 2.93 bits per heavy atom. The zero-order valence-corrected chi connectivity index (χ0v) is 9.45. The third-order valence-corrected chi connectivity index (χ3v) is 3.91. The summed E-state index contributed by atoms with van der Waals surface area (Å²) in [6.45, 7) is 3.77. The highest BCUT2D eigenvalue weighted by Gasteiger charge is 2.31. The number of amides is 1. The van der Waals surface area contributed by atoms with Crippen molar-refractivity contribution in [3.05, 3.63) is 24.0 Å². The van der Waals surface area contributed by atoms with E-state index in [0.29, 0.717) is 11.4 Å². The lowest BCUT2D eigenvalue weighted by molar-refractivity contribution is -0.122. The fourth-order valence-electron chi connectivity index (χ4n) is 1.33. The van der Waals surface area contributed by atoms with Crippen molar-refractivity contribution in [3.63, 3.8) is 0 Å². The summed E-state index contributed by atoms with van der Waals surface area (Å²) in [6, 6.07) is 4.43. The molecule has 1 amide bonds. The van der Waals surface area contributed by atoms with Gasteiger partial charge in [0.25, 0.3) is 0 Å². The number of halogens is 1. The second-order valence-corrected chi connectivity index (χ2v) is 5.28. The summed E-state index contributed by atoms with van der Waals surface area (Å²) < 4.78 is 13.0. The van der Waals surface area contributed by atoms with Crippen LogP contribution in [0.2, 0.25) is 0 Å². The molecule has 0 aliphatic carbocycles. The molecule has 0 aromatic heterocycles. The van der Waals surface area contributed by atoms with E-state index < -0.39 is 5.41 Å². The maximum Gasteiger partial charge on any atom is 0.230 e. The van der Waals surface area contributed by atoms with Crippen LogP contribution in [0.1, 0.15) is 13.8 Å². The molecule has 0 unspecified atom stereocenters. The van der Waals surface area contributed by atoms with Gasteiger partial charge >= 0.3 is 0 Å². The number of anilines is 1. The van der Waals surface area contributed by atoms with Gasteiger partial charge in [-0.1, -0.05) is 13.8 Å². The van der Waals surface area contributed by atoms with Crippen molar-refractivity contribution in [2.75, 3.05) is 11.1 Å². The van der Waals surface area contributed by atoms with Crippen molar-refractivity contribution < 1.29 is 9.18 Å². The predicted octanol–water partition coefficient (Wildman–Crippen LogP) is 2.90. The Morgan fingerprint density at radius 2 is 2.20 bits per heavy atom. The van der Waals surface area contributed by atoms with Crippen molar-refractivity contribution in [3.8, 4) is 0 Å². The average Bonchev–Trinajstić information content (AvgIpc) is 2.27. The number of fused-ring (bicyclic) bond motifs is 1. The van der Waals surface area contributed by atoms with Crippen LogP contribution in [0.5, 0.6) is 0 Å². The van der Waals surface area contributed by atoms with Gasteiger partial charge in [0.2, 0.25) is 5.91 Å². The Morgan fingerprint density at radius 1 is 1.47 bits per heavy atom. The molecule has 0 radical (unpaired) electrons. The van der Waals surface area contributed by atoms with Gasteiger partial charge in [0.1, 0.15) is 5.82 Å². The summed E-state index contributed by atoms with van der Waals surface area (Å²) in [5, 5.41) is 2.81. The third-order valence-electron chi connectivity index (χ3n) is 2.40. The van der Waals surface area contributed by atoms with Crippen molar-refractivity contribution in [2.45, 2.75) is 18.7 Å². The van der Waals surface area contributed by atoms with Crippen LogP contribution in [0, 0.1) is 11.2 Å². The zero-order valence-electron chi connectivity index (χ0n) is 8.63. The molecule has 15 heavy (non-hydrogen) atoms. The standard InChI is InChI=1S/C11H12FNOS/c1-11(2)6-15-9-5-7(12)3-4-8(9)13-10(11)14/h3-5H,6H2,1-2H3,(H,13,14). The highest BCUT2D eigenvalue weighted by molar-refractivity contribution is 7.99. The number of carbonyl (C=O) groups excluding carboxylic acids is 1. The lowest BCUT2D eigenvalue weighted by atomic mass is 9.95. The monoisotopic (exact) mass is 225 g/mol. The topological polar surface area (TPSA) is 29.1 Å². The minimum atomic E-state index is -0.417. The molecule has 1 aliphatic rings. The van der Waals surface area contributed by atoms with E-state index in [1.165, 1.54) is 23.9 Å². The van der Waals surface area contributed by atoms with Gasteiger partial charge in [0, 0.05) is 10.6 Å². The number of carbonyl (C=O) groups is 1. The molecule has 2 rings (SSSR count). The molecule has 2 nitrogen and oxygen atoms in total. The summed E-state index contributed by atoms with van der Waals surface area (Å²) in [7, 11) is 0. The minimum Gasteiger partial charge on any atom is -0.325 e. The van der Waals surface area contributed by atoms with E-state index in [1.807, 2.05) is 13.8 Å². The summed E-state index contributed by atoms with van der Waals surface area (Å²) >= 11 is 1.51. The second kappa shape index (κ2) is 3.52. The van der Waals surface area contributed by atoms with Gasteiger partial charge in [-0.2, -0.15) is 0 Å². The Labute approximate surface area is 92.3 Å². The van der Waals surface area contributed by atoms with E-state index in [9.17, 15) is 9.18 Å². The minimum absolute atomic E-state index is 0.0136. The van der Waals surface area contributed by atoms with Crippen molar-refractivity contribution in [2.24, 2.45) is 5.41 Å². The van der Waals surface area contributed by atoms with Gasteiger partial charge in [0.05, 0.1) is 11.1 Å². The molecule has 80 valence electrons. The second-order valence-electron chi connectivity index (χ2n) is 4.27. The lowest BCUT2D eigenvalue weighted by Gasteiger charge is -2.18. The fourth-order valence-corrected chi connectivity index (χ4v) is 2.45. The largest absolute Gasteiger partial charge is 0.325 e.